The van der Waals surface area contributed by atoms with Gasteiger partial charge in [-0.15, -0.1) is 12.4 Å². The average Bonchev–Trinajstić information content (AvgIpc) is 3.15. The Kier molecular flexibility index (Phi) is 8.89. The van der Waals surface area contributed by atoms with Crippen LogP contribution in [0.3, 0.4) is 0 Å². The number of carbonyl (C=O) groups is 1. The number of methoxy groups -OCH3 is 2. The van der Waals surface area contributed by atoms with Crippen LogP contribution in [0.1, 0.15) is 12.0 Å². The monoisotopic (exact) mass is 449 g/mol. The predicted molar refractivity (Wildman–Crippen MR) is 126 cm³/mol. The maximum atomic E-state index is 13.2. The molecule has 6 nitrogen and oxygen atoms in total. The molecule has 0 aliphatic rings. The van der Waals surface area contributed by atoms with Crippen molar-refractivity contribution in [3.05, 3.63) is 48.0 Å². The first-order valence-corrected chi connectivity index (χ1v) is 10.4. The number of anilines is 1. The Labute approximate surface area is 187 Å². The molecule has 0 radical (unpaired) electrons. The summed E-state index contributed by atoms with van der Waals surface area (Å²) < 4.78 is 11.8. The number of hydrogen-bond acceptors (Lipinski definition) is 6. The molecule has 2 aromatic carbocycles. The Hall–Kier alpha value is -2.35. The molecule has 0 fully saturated rings. The number of halogens is 1. The zero-order chi connectivity index (χ0) is 20.8. The highest BCUT2D eigenvalue weighted by molar-refractivity contribution is 7.22. The van der Waals surface area contributed by atoms with Gasteiger partial charge in [-0.2, -0.15) is 0 Å². The molecule has 0 saturated heterocycles. The second-order valence-corrected chi connectivity index (χ2v) is 7.99. The number of benzene rings is 2. The van der Waals surface area contributed by atoms with E-state index in [2.05, 4.69) is 4.90 Å². The van der Waals surface area contributed by atoms with E-state index in [4.69, 9.17) is 14.5 Å². The SMILES string of the molecule is COc1ccc(OC)c2sc(N(CCCN(C)C)C(=O)Cc3ccccc3)nc12.Cl. The molecule has 3 aromatic rings. The summed E-state index contributed by atoms with van der Waals surface area (Å²) in [6.45, 7) is 1.50. The number of carbonyl (C=O) groups excluding carboxylic acids is 1. The van der Waals surface area contributed by atoms with E-state index in [0.717, 1.165) is 34.5 Å². The van der Waals surface area contributed by atoms with Crippen molar-refractivity contribution in [2.75, 3.05) is 46.3 Å². The Balaban J connectivity index is 0.00000320. The second kappa shape index (κ2) is 11.2. The van der Waals surface area contributed by atoms with E-state index in [0.29, 0.717) is 23.8 Å². The minimum absolute atomic E-state index is 0. The lowest BCUT2D eigenvalue weighted by atomic mass is 10.1. The molecular weight excluding hydrogens is 422 g/mol. The van der Waals surface area contributed by atoms with Crippen LogP contribution in [0.5, 0.6) is 11.5 Å². The van der Waals surface area contributed by atoms with Crippen LogP contribution in [0.2, 0.25) is 0 Å². The first-order valence-electron chi connectivity index (χ1n) is 9.54. The Bertz CT molecular complexity index is 922. The largest absolute Gasteiger partial charge is 0.495 e. The molecule has 0 atom stereocenters. The summed E-state index contributed by atoms with van der Waals surface area (Å²) >= 11 is 1.46. The Morgan fingerprint density at radius 2 is 1.67 bits per heavy atom. The first-order chi connectivity index (χ1) is 14.0. The van der Waals surface area contributed by atoms with Gasteiger partial charge in [0.2, 0.25) is 5.91 Å². The average molecular weight is 450 g/mol. The molecule has 1 aromatic heterocycles. The molecule has 0 unspecified atom stereocenters. The van der Waals surface area contributed by atoms with E-state index in [9.17, 15) is 4.79 Å². The van der Waals surface area contributed by atoms with Crippen LogP contribution in [-0.4, -0.2) is 57.2 Å². The fraction of sp³-hybridized carbons (Fsp3) is 0.364. The summed E-state index contributed by atoms with van der Waals surface area (Å²) in [6.07, 6.45) is 1.20. The molecule has 0 spiro atoms. The zero-order valence-electron chi connectivity index (χ0n) is 17.8. The van der Waals surface area contributed by atoms with Crippen LogP contribution in [-0.2, 0) is 11.2 Å². The van der Waals surface area contributed by atoms with Crippen LogP contribution in [0.4, 0.5) is 5.13 Å². The van der Waals surface area contributed by atoms with Crippen molar-refractivity contribution >= 4 is 45.0 Å². The van der Waals surface area contributed by atoms with Crippen molar-refractivity contribution in [3.8, 4) is 11.5 Å². The summed E-state index contributed by atoms with van der Waals surface area (Å²) in [7, 11) is 7.32. The van der Waals surface area contributed by atoms with E-state index in [1.165, 1.54) is 11.3 Å². The molecule has 0 aliphatic heterocycles. The van der Waals surface area contributed by atoms with Crippen LogP contribution in [0, 0.1) is 0 Å². The fourth-order valence-electron chi connectivity index (χ4n) is 3.13. The molecule has 1 heterocycles. The lowest BCUT2D eigenvalue weighted by molar-refractivity contribution is -0.118. The zero-order valence-corrected chi connectivity index (χ0v) is 19.4. The van der Waals surface area contributed by atoms with E-state index in [-0.39, 0.29) is 18.3 Å². The van der Waals surface area contributed by atoms with Crippen LogP contribution in [0.25, 0.3) is 10.2 Å². The van der Waals surface area contributed by atoms with E-state index in [1.54, 1.807) is 19.1 Å². The highest BCUT2D eigenvalue weighted by atomic mass is 35.5. The quantitative estimate of drug-likeness (QED) is 0.488. The van der Waals surface area contributed by atoms with Crippen molar-refractivity contribution in [1.82, 2.24) is 9.88 Å². The summed E-state index contributed by atoms with van der Waals surface area (Å²) in [5.41, 5.74) is 1.71. The fourth-order valence-corrected chi connectivity index (χ4v) is 4.25. The maximum Gasteiger partial charge on any atom is 0.233 e. The third-order valence-corrected chi connectivity index (χ3v) is 5.71. The van der Waals surface area contributed by atoms with Gasteiger partial charge in [0.1, 0.15) is 21.7 Å². The van der Waals surface area contributed by atoms with Gasteiger partial charge in [-0.05, 0) is 44.8 Å². The Morgan fingerprint density at radius 3 is 2.30 bits per heavy atom. The topological polar surface area (TPSA) is 54.9 Å². The minimum atomic E-state index is 0. The van der Waals surface area contributed by atoms with Gasteiger partial charge >= 0.3 is 0 Å². The van der Waals surface area contributed by atoms with Gasteiger partial charge in [-0.3, -0.25) is 9.69 Å². The van der Waals surface area contributed by atoms with Gasteiger partial charge in [0, 0.05) is 6.54 Å². The van der Waals surface area contributed by atoms with E-state index >= 15 is 0 Å². The van der Waals surface area contributed by atoms with Gasteiger partial charge in [-0.1, -0.05) is 41.7 Å². The number of aromatic nitrogens is 1. The number of nitrogens with zero attached hydrogens (tertiary/aromatic N) is 3. The maximum absolute atomic E-state index is 13.2. The normalized spacial score (nSPS) is 10.7. The van der Waals surface area contributed by atoms with Crippen LogP contribution < -0.4 is 14.4 Å². The molecule has 8 heteroatoms. The highest BCUT2D eigenvalue weighted by Gasteiger charge is 2.22. The molecule has 0 bridgehead atoms. The van der Waals surface area contributed by atoms with Crippen molar-refractivity contribution < 1.29 is 14.3 Å². The molecule has 0 N–H and O–H groups in total. The number of fused-ring (bicyclic) bond motifs is 1. The third-order valence-electron chi connectivity index (χ3n) is 4.62. The second-order valence-electron chi connectivity index (χ2n) is 7.01. The standard InChI is InChI=1S/C22H27N3O3S.ClH/c1-24(2)13-8-14-25(19(26)15-16-9-6-5-7-10-16)22-23-20-17(27-3)11-12-18(28-4)21(20)29-22;/h5-7,9-12H,8,13-15H2,1-4H3;1H. The summed E-state index contributed by atoms with van der Waals surface area (Å²) in [5.74, 6) is 1.44. The van der Waals surface area contributed by atoms with E-state index in [1.807, 2.05) is 56.6 Å². The smallest absolute Gasteiger partial charge is 0.233 e. The molecule has 0 aliphatic carbocycles. The van der Waals surface area contributed by atoms with Crippen molar-refractivity contribution in [1.29, 1.82) is 0 Å². The predicted octanol–water partition coefficient (Wildman–Crippen LogP) is 4.26. The van der Waals surface area contributed by atoms with Crippen molar-refractivity contribution in [2.45, 2.75) is 12.8 Å². The van der Waals surface area contributed by atoms with Crippen molar-refractivity contribution in [3.63, 3.8) is 0 Å². The van der Waals surface area contributed by atoms with E-state index < -0.39 is 0 Å². The van der Waals surface area contributed by atoms with Gasteiger partial charge in [0.25, 0.3) is 0 Å². The first kappa shape index (κ1) is 23.9. The summed E-state index contributed by atoms with van der Waals surface area (Å²) in [6, 6.07) is 13.5. The molecular formula is C22H28ClN3O3S. The molecule has 0 saturated carbocycles. The van der Waals surface area contributed by atoms with Gasteiger partial charge in [0.05, 0.1) is 20.6 Å². The Morgan fingerprint density at radius 1 is 1.00 bits per heavy atom. The number of amides is 1. The molecule has 1 amide bonds. The molecule has 30 heavy (non-hydrogen) atoms. The number of rotatable bonds is 9. The minimum Gasteiger partial charge on any atom is -0.495 e. The molecule has 162 valence electrons. The number of hydrogen-bond donors (Lipinski definition) is 0. The van der Waals surface area contributed by atoms with Crippen LogP contribution >= 0.6 is 23.7 Å². The number of thiazole rings is 1. The lowest BCUT2D eigenvalue weighted by Crippen LogP contribution is -2.34. The van der Waals surface area contributed by atoms with Gasteiger partial charge in [0.15, 0.2) is 5.13 Å². The third kappa shape index (κ3) is 5.62. The van der Waals surface area contributed by atoms with Crippen LogP contribution in [0.15, 0.2) is 42.5 Å². The summed E-state index contributed by atoms with van der Waals surface area (Å²) in [5, 5.41) is 0.669. The lowest BCUT2D eigenvalue weighted by Gasteiger charge is -2.21. The number of ether oxygens (including phenoxy) is 2. The highest BCUT2D eigenvalue weighted by Crippen LogP contribution is 2.40. The summed E-state index contributed by atoms with van der Waals surface area (Å²) in [4.78, 5) is 21.9. The molecule has 3 rings (SSSR count). The van der Waals surface area contributed by atoms with Gasteiger partial charge < -0.3 is 14.4 Å². The van der Waals surface area contributed by atoms with Gasteiger partial charge in [-0.25, -0.2) is 4.98 Å². The van der Waals surface area contributed by atoms with Crippen molar-refractivity contribution in [2.24, 2.45) is 0 Å².